The highest BCUT2D eigenvalue weighted by atomic mass is 79.9. The molecule has 0 aromatic heterocycles. The number of carbonyl (C=O) groups excluding carboxylic acids is 1. The molecule has 0 aliphatic heterocycles. The van der Waals surface area contributed by atoms with Crippen LogP contribution in [0.4, 0.5) is 5.69 Å². The molecule has 0 spiro atoms. The van der Waals surface area contributed by atoms with Crippen LogP contribution in [0.1, 0.15) is 12.5 Å². The second-order valence-electron chi connectivity index (χ2n) is 5.58. The van der Waals surface area contributed by atoms with Crippen molar-refractivity contribution in [3.63, 3.8) is 0 Å². The van der Waals surface area contributed by atoms with Crippen molar-refractivity contribution in [1.29, 1.82) is 5.26 Å². The molecule has 0 saturated carbocycles. The van der Waals surface area contributed by atoms with E-state index in [2.05, 4.69) is 27.8 Å². The molecule has 2 aromatic rings. The minimum Gasteiger partial charge on any atom is -0.490 e. The van der Waals surface area contributed by atoms with Gasteiger partial charge in [-0.25, -0.2) is 0 Å². The lowest BCUT2D eigenvalue weighted by molar-refractivity contribution is -0.112. The number of nitrogens with zero attached hydrogens (tertiary/aromatic N) is 1. The molecule has 2 aromatic carbocycles. The van der Waals surface area contributed by atoms with E-state index in [1.54, 1.807) is 36.4 Å². The number of halogens is 3. The number of carbonyl (C=O) groups is 1. The Bertz CT molecular complexity index is 1000. The SMILES string of the molecule is C=CCOc1cc(Br)c(/C=C(/C#N)C(=O)Nc2cccc(Cl)c2Cl)cc1OCC. The Balaban J connectivity index is 2.37. The summed E-state index contributed by atoms with van der Waals surface area (Å²) in [5, 5.41) is 12.6. The molecule has 5 nitrogen and oxygen atoms in total. The van der Waals surface area contributed by atoms with Crippen LogP contribution in [0.25, 0.3) is 6.08 Å². The van der Waals surface area contributed by atoms with Crippen LogP contribution in [0.3, 0.4) is 0 Å². The van der Waals surface area contributed by atoms with Gasteiger partial charge in [-0.3, -0.25) is 4.79 Å². The number of rotatable bonds is 8. The molecule has 0 unspecified atom stereocenters. The van der Waals surface area contributed by atoms with E-state index in [1.807, 2.05) is 13.0 Å². The van der Waals surface area contributed by atoms with Crippen molar-refractivity contribution in [1.82, 2.24) is 0 Å². The van der Waals surface area contributed by atoms with Crippen LogP contribution >= 0.6 is 39.1 Å². The smallest absolute Gasteiger partial charge is 0.266 e. The van der Waals surface area contributed by atoms with Crippen LogP contribution in [0.5, 0.6) is 11.5 Å². The van der Waals surface area contributed by atoms with Crippen molar-refractivity contribution in [3.8, 4) is 17.6 Å². The third-order valence-electron chi connectivity index (χ3n) is 3.58. The molecule has 0 atom stereocenters. The molecule has 150 valence electrons. The number of anilines is 1. The standard InChI is InChI=1S/C21H17BrCl2N2O3/c1-3-8-29-19-11-15(22)13(10-18(19)28-4-2)9-14(12-25)21(27)26-17-7-5-6-16(23)20(17)24/h3,5-7,9-11H,1,4,8H2,2H3,(H,26,27)/b14-9-. The quantitative estimate of drug-likeness (QED) is 0.266. The number of hydrogen-bond donors (Lipinski definition) is 1. The summed E-state index contributed by atoms with van der Waals surface area (Å²) in [5.41, 5.74) is 0.764. The van der Waals surface area contributed by atoms with Gasteiger partial charge in [-0.05, 0) is 42.8 Å². The van der Waals surface area contributed by atoms with E-state index in [1.165, 1.54) is 6.08 Å². The summed E-state index contributed by atoms with van der Waals surface area (Å²) < 4.78 is 11.8. The van der Waals surface area contributed by atoms with Crippen molar-refractivity contribution in [2.24, 2.45) is 0 Å². The lowest BCUT2D eigenvalue weighted by atomic mass is 10.1. The Hall–Kier alpha value is -2.46. The van der Waals surface area contributed by atoms with E-state index in [0.717, 1.165) is 0 Å². The van der Waals surface area contributed by atoms with Gasteiger partial charge < -0.3 is 14.8 Å². The maximum Gasteiger partial charge on any atom is 0.266 e. The Kier molecular flexibility index (Phi) is 8.59. The van der Waals surface area contributed by atoms with Crippen LogP contribution < -0.4 is 14.8 Å². The summed E-state index contributed by atoms with van der Waals surface area (Å²) in [5.74, 6) is 0.386. The molecule has 0 bridgehead atoms. The first-order valence-corrected chi connectivity index (χ1v) is 10.0. The van der Waals surface area contributed by atoms with Crippen LogP contribution in [0.2, 0.25) is 10.0 Å². The van der Waals surface area contributed by atoms with Gasteiger partial charge >= 0.3 is 0 Å². The third-order valence-corrected chi connectivity index (χ3v) is 5.09. The number of benzene rings is 2. The summed E-state index contributed by atoms with van der Waals surface area (Å²) in [6, 6.07) is 10.1. The summed E-state index contributed by atoms with van der Waals surface area (Å²) >= 11 is 15.5. The first kappa shape index (κ1) is 22.8. The highest BCUT2D eigenvalue weighted by Crippen LogP contribution is 2.35. The Morgan fingerprint density at radius 1 is 1.31 bits per heavy atom. The van der Waals surface area contributed by atoms with E-state index in [-0.39, 0.29) is 10.6 Å². The summed E-state index contributed by atoms with van der Waals surface area (Å²) in [4.78, 5) is 12.6. The topological polar surface area (TPSA) is 71.3 Å². The van der Waals surface area contributed by atoms with E-state index in [4.69, 9.17) is 32.7 Å². The highest BCUT2D eigenvalue weighted by molar-refractivity contribution is 9.10. The van der Waals surface area contributed by atoms with E-state index >= 15 is 0 Å². The van der Waals surface area contributed by atoms with Gasteiger partial charge in [0.15, 0.2) is 11.5 Å². The second-order valence-corrected chi connectivity index (χ2v) is 7.22. The van der Waals surface area contributed by atoms with Crippen LogP contribution in [-0.4, -0.2) is 19.1 Å². The predicted molar refractivity (Wildman–Crippen MR) is 120 cm³/mol. The first-order chi connectivity index (χ1) is 13.9. The fourth-order valence-electron chi connectivity index (χ4n) is 2.29. The highest BCUT2D eigenvalue weighted by Gasteiger charge is 2.15. The Labute approximate surface area is 187 Å². The fourth-order valence-corrected chi connectivity index (χ4v) is 3.07. The van der Waals surface area contributed by atoms with Gasteiger partial charge in [0.2, 0.25) is 0 Å². The van der Waals surface area contributed by atoms with Gasteiger partial charge in [-0.1, -0.05) is 57.9 Å². The zero-order valence-corrected chi connectivity index (χ0v) is 18.6. The minimum atomic E-state index is -0.617. The molecule has 0 aliphatic carbocycles. The zero-order valence-electron chi connectivity index (χ0n) is 15.5. The monoisotopic (exact) mass is 494 g/mol. The van der Waals surface area contributed by atoms with E-state index < -0.39 is 5.91 Å². The van der Waals surface area contributed by atoms with Crippen LogP contribution in [0.15, 0.2) is 53.0 Å². The maximum atomic E-state index is 12.6. The minimum absolute atomic E-state index is 0.121. The molecule has 0 radical (unpaired) electrons. The first-order valence-electron chi connectivity index (χ1n) is 8.48. The van der Waals surface area contributed by atoms with Crippen molar-refractivity contribution >= 4 is 56.8 Å². The molecule has 1 N–H and O–H groups in total. The van der Waals surface area contributed by atoms with Crippen molar-refractivity contribution in [2.45, 2.75) is 6.92 Å². The fraction of sp³-hybridized carbons (Fsp3) is 0.143. The maximum absolute atomic E-state index is 12.6. The molecule has 0 saturated heterocycles. The summed E-state index contributed by atoms with van der Waals surface area (Å²) in [6.45, 7) is 6.21. The van der Waals surface area contributed by atoms with Crippen LogP contribution in [0, 0.1) is 11.3 Å². The predicted octanol–water partition coefficient (Wildman–Crippen LogP) is 6.27. The van der Waals surface area contributed by atoms with E-state index in [0.29, 0.717) is 45.5 Å². The average Bonchev–Trinajstić information content (AvgIpc) is 2.70. The third kappa shape index (κ3) is 6.01. The average molecular weight is 496 g/mol. The van der Waals surface area contributed by atoms with Gasteiger partial charge in [0.1, 0.15) is 18.2 Å². The number of hydrogen-bond acceptors (Lipinski definition) is 4. The van der Waals surface area contributed by atoms with Gasteiger partial charge in [0, 0.05) is 4.47 Å². The van der Waals surface area contributed by atoms with Crippen molar-refractivity contribution in [3.05, 3.63) is 68.6 Å². The molecule has 29 heavy (non-hydrogen) atoms. The van der Waals surface area contributed by atoms with Crippen molar-refractivity contribution in [2.75, 3.05) is 18.5 Å². The molecular formula is C21H17BrCl2N2O3. The van der Waals surface area contributed by atoms with E-state index in [9.17, 15) is 10.1 Å². The molecule has 1 amide bonds. The number of amides is 1. The van der Waals surface area contributed by atoms with Crippen molar-refractivity contribution < 1.29 is 14.3 Å². The molecule has 2 rings (SSSR count). The Morgan fingerprint density at radius 3 is 2.69 bits per heavy atom. The zero-order chi connectivity index (χ0) is 21.4. The van der Waals surface area contributed by atoms with Gasteiger partial charge in [0.25, 0.3) is 5.91 Å². The summed E-state index contributed by atoms with van der Waals surface area (Å²) in [6.07, 6.45) is 3.06. The molecular weight excluding hydrogens is 479 g/mol. The van der Waals surface area contributed by atoms with Gasteiger partial charge in [-0.2, -0.15) is 5.26 Å². The Morgan fingerprint density at radius 2 is 2.03 bits per heavy atom. The summed E-state index contributed by atoms with van der Waals surface area (Å²) in [7, 11) is 0. The molecule has 0 heterocycles. The molecule has 0 aliphatic rings. The normalized spacial score (nSPS) is 10.8. The number of nitrogens with one attached hydrogen (secondary N) is 1. The largest absolute Gasteiger partial charge is 0.490 e. The number of nitriles is 1. The van der Waals surface area contributed by atoms with Crippen LogP contribution in [-0.2, 0) is 4.79 Å². The second kappa shape index (κ2) is 10.9. The van der Waals surface area contributed by atoms with Gasteiger partial charge in [-0.15, -0.1) is 0 Å². The lowest BCUT2D eigenvalue weighted by Crippen LogP contribution is -2.13. The van der Waals surface area contributed by atoms with Gasteiger partial charge in [0.05, 0.1) is 22.3 Å². The molecule has 8 heteroatoms. The lowest BCUT2D eigenvalue weighted by Gasteiger charge is -2.13. The number of ether oxygens (including phenoxy) is 2. The molecule has 0 fully saturated rings.